The number of nitrogens with zero attached hydrogens (tertiary/aromatic N) is 5. The molecular weight excluding hydrogens is 1010 g/mol. The average Bonchev–Trinajstić information content (AvgIpc) is 1.47. The minimum Gasteiger partial charge on any atom is -0.311 e. The van der Waals surface area contributed by atoms with Gasteiger partial charge in [-0.05, 0) is 144 Å². The maximum Gasteiger partial charge on any atom is 0.252 e. The fourth-order valence-corrected chi connectivity index (χ4v) is 12.2. The number of hydrogen-bond donors (Lipinski definition) is 0. The topological polar surface area (TPSA) is 45.2 Å². The second kappa shape index (κ2) is 20.6. The van der Waals surface area contributed by atoms with Gasteiger partial charge in [0.1, 0.15) is 0 Å². The first kappa shape index (κ1) is 51.3. The van der Waals surface area contributed by atoms with Crippen LogP contribution in [0.25, 0.3) is 78.7 Å². The van der Waals surface area contributed by atoms with Crippen LogP contribution < -0.4 is 26.2 Å². The van der Waals surface area contributed by atoms with Crippen LogP contribution in [0.2, 0.25) is 0 Å². The van der Waals surface area contributed by atoms with E-state index in [1.54, 1.807) is 0 Å². The number of anilines is 6. The van der Waals surface area contributed by atoms with Gasteiger partial charge in [0.05, 0.1) is 0 Å². The fraction of sp³-hybridized carbons (Fsp3) is 0.104. The Morgan fingerprint density at radius 3 is 0.855 bits per heavy atom. The summed E-state index contributed by atoms with van der Waals surface area (Å²) in [6.07, 6.45) is 0. The molecule has 0 bridgehead atoms. The fourth-order valence-electron chi connectivity index (χ4n) is 12.2. The van der Waals surface area contributed by atoms with Crippen LogP contribution in [0.4, 0.5) is 34.1 Å². The Bertz CT molecular complexity index is 3990. The summed E-state index contributed by atoms with van der Waals surface area (Å²) in [5, 5.41) is 0. The molecule has 0 amide bonds. The van der Waals surface area contributed by atoms with Crippen LogP contribution in [-0.2, 0) is 10.8 Å². The molecule has 83 heavy (non-hydrogen) atoms. The van der Waals surface area contributed by atoms with Crippen molar-refractivity contribution in [2.45, 2.75) is 52.4 Å². The number of rotatable bonds is 9. The van der Waals surface area contributed by atoms with Crippen LogP contribution in [0.15, 0.2) is 267 Å². The van der Waals surface area contributed by atoms with Crippen molar-refractivity contribution >= 4 is 57.2 Å². The molecule has 398 valence electrons. The lowest BCUT2D eigenvalue weighted by molar-refractivity contribution is 0.590. The molecule has 0 radical (unpaired) electrons. The Balaban J connectivity index is 1.14. The largest absolute Gasteiger partial charge is 0.311 e. The maximum atomic E-state index is 5.48. The van der Waals surface area contributed by atoms with Crippen molar-refractivity contribution in [1.82, 2.24) is 15.0 Å². The number of aromatic nitrogens is 3. The molecule has 12 aromatic rings. The molecular formula is C77H62BN5. The zero-order valence-corrected chi connectivity index (χ0v) is 47.7. The lowest BCUT2D eigenvalue weighted by Crippen LogP contribution is -2.61. The van der Waals surface area contributed by atoms with Crippen LogP contribution in [0.5, 0.6) is 0 Å². The van der Waals surface area contributed by atoms with E-state index in [0.717, 1.165) is 95.3 Å². The summed E-state index contributed by atoms with van der Waals surface area (Å²) in [6.45, 7) is 13.8. The van der Waals surface area contributed by atoms with Gasteiger partial charge in [-0.25, -0.2) is 15.0 Å². The Morgan fingerprint density at radius 2 is 0.554 bits per heavy atom. The van der Waals surface area contributed by atoms with Gasteiger partial charge in [0.15, 0.2) is 17.5 Å². The van der Waals surface area contributed by atoms with E-state index in [-0.39, 0.29) is 17.5 Å². The van der Waals surface area contributed by atoms with Crippen molar-refractivity contribution in [2.24, 2.45) is 0 Å². The third kappa shape index (κ3) is 9.60. The minimum atomic E-state index is -0.161. The molecule has 0 aliphatic carbocycles. The Kier molecular flexibility index (Phi) is 12.7. The van der Waals surface area contributed by atoms with Crippen LogP contribution >= 0.6 is 0 Å². The average molecular weight is 1070 g/mol. The first-order chi connectivity index (χ1) is 40.4. The first-order valence-corrected chi connectivity index (χ1v) is 28.9. The zero-order valence-electron chi connectivity index (χ0n) is 47.7. The van der Waals surface area contributed by atoms with Crippen molar-refractivity contribution in [3.63, 3.8) is 0 Å². The van der Waals surface area contributed by atoms with E-state index in [9.17, 15) is 0 Å². The van der Waals surface area contributed by atoms with Crippen molar-refractivity contribution < 1.29 is 0 Å². The SMILES string of the molecule is CC(C)(C)c1ccc2c(c1)B1c3cc(C(C)(C)C)ccc3N(c3cc(-c4ccccc4)cc(-c4ccccc4)c3)c3cc(-c4nc(-c5ccccc5)nc(-c5ccccc5)n4)cc(c31)N2c1cc(-c2ccccc2)cc(-c2ccccc2)c1. The van der Waals surface area contributed by atoms with E-state index >= 15 is 0 Å². The quantitative estimate of drug-likeness (QED) is 0.135. The summed E-state index contributed by atoms with van der Waals surface area (Å²) in [5.74, 6) is 1.80. The van der Waals surface area contributed by atoms with Gasteiger partial charge in [0.2, 0.25) is 0 Å². The standard InChI is InChI=1S/C77H62BN5/c1-76(2,3)62-37-39-68-66(49-62)78-67-50-63(77(4,5)6)38-40-69(67)83(65-45-59(53-29-17-9-18-30-53)42-60(46-65)54-31-19-10-20-32-54)71-48-61(75-80-73(55-33-21-11-22-34-55)79-74(81-75)56-35-23-12-24-36-56)47-70(72(71)78)82(68)64-43-57(51-25-13-7-14-26-51)41-58(44-64)52-27-15-8-16-28-52/h7-50H,1-6H3. The molecule has 1 aromatic heterocycles. The lowest BCUT2D eigenvalue weighted by Gasteiger charge is -2.45. The summed E-state index contributed by atoms with van der Waals surface area (Å²) in [6, 6.07) is 97.3. The molecule has 0 fully saturated rings. The van der Waals surface area contributed by atoms with Gasteiger partial charge in [-0.15, -0.1) is 0 Å². The van der Waals surface area contributed by atoms with Crippen molar-refractivity contribution in [2.75, 3.05) is 9.80 Å². The number of hydrogen-bond acceptors (Lipinski definition) is 5. The van der Waals surface area contributed by atoms with Crippen LogP contribution in [0, 0.1) is 0 Å². The highest BCUT2D eigenvalue weighted by atomic mass is 15.2. The molecule has 0 saturated carbocycles. The van der Waals surface area contributed by atoms with Crippen LogP contribution in [0.1, 0.15) is 52.7 Å². The molecule has 0 atom stereocenters. The molecule has 6 heteroatoms. The van der Waals surface area contributed by atoms with E-state index < -0.39 is 0 Å². The first-order valence-electron chi connectivity index (χ1n) is 28.9. The summed E-state index contributed by atoms with van der Waals surface area (Å²) < 4.78 is 0. The van der Waals surface area contributed by atoms with Gasteiger partial charge >= 0.3 is 0 Å². The van der Waals surface area contributed by atoms with Gasteiger partial charge < -0.3 is 9.80 Å². The van der Waals surface area contributed by atoms with E-state index in [0.29, 0.717) is 17.5 Å². The molecule has 5 nitrogen and oxygen atoms in total. The van der Waals surface area contributed by atoms with Crippen LogP contribution in [0.3, 0.4) is 0 Å². The van der Waals surface area contributed by atoms with Crippen molar-refractivity contribution in [1.29, 1.82) is 0 Å². The van der Waals surface area contributed by atoms with Crippen molar-refractivity contribution in [3.8, 4) is 78.7 Å². The Labute approximate surface area is 488 Å². The zero-order chi connectivity index (χ0) is 56.4. The summed E-state index contributed by atoms with van der Waals surface area (Å²) in [5.41, 5.74) is 24.4. The maximum absolute atomic E-state index is 5.48. The van der Waals surface area contributed by atoms with Gasteiger partial charge in [-0.3, -0.25) is 0 Å². The monoisotopic (exact) mass is 1070 g/mol. The summed E-state index contributed by atoms with van der Waals surface area (Å²) in [7, 11) is 0. The van der Waals surface area contributed by atoms with E-state index in [1.165, 1.54) is 27.5 Å². The molecule has 0 spiro atoms. The highest BCUT2D eigenvalue weighted by molar-refractivity contribution is 7.00. The van der Waals surface area contributed by atoms with Gasteiger partial charge in [-0.2, -0.15) is 0 Å². The van der Waals surface area contributed by atoms with E-state index in [1.807, 2.05) is 36.4 Å². The highest BCUT2D eigenvalue weighted by Gasteiger charge is 2.45. The molecule has 0 N–H and O–H groups in total. The second-order valence-corrected chi connectivity index (χ2v) is 24.1. The molecule has 3 heterocycles. The number of benzene rings is 11. The smallest absolute Gasteiger partial charge is 0.252 e. The molecule has 11 aromatic carbocycles. The summed E-state index contributed by atoms with van der Waals surface area (Å²) in [4.78, 5) is 21.3. The Hall–Kier alpha value is -9.91. The predicted octanol–water partition coefficient (Wildman–Crippen LogP) is 18.2. The lowest BCUT2D eigenvalue weighted by atomic mass is 9.33. The molecule has 2 aliphatic rings. The van der Waals surface area contributed by atoms with Gasteiger partial charge in [0.25, 0.3) is 6.71 Å². The molecule has 2 aliphatic heterocycles. The van der Waals surface area contributed by atoms with Gasteiger partial charge in [0, 0.05) is 50.8 Å². The second-order valence-electron chi connectivity index (χ2n) is 24.1. The molecule has 0 unspecified atom stereocenters. The predicted molar refractivity (Wildman–Crippen MR) is 349 cm³/mol. The third-order valence-corrected chi connectivity index (χ3v) is 16.5. The molecule has 14 rings (SSSR count). The van der Waals surface area contributed by atoms with Crippen molar-refractivity contribution in [3.05, 3.63) is 278 Å². The minimum absolute atomic E-state index is 0.130. The number of fused-ring (bicyclic) bond motifs is 4. The van der Waals surface area contributed by atoms with Crippen LogP contribution in [-0.4, -0.2) is 21.7 Å². The normalized spacial score (nSPS) is 12.6. The Morgan fingerprint density at radius 1 is 0.265 bits per heavy atom. The van der Waals surface area contributed by atoms with Gasteiger partial charge in [-0.1, -0.05) is 248 Å². The summed E-state index contributed by atoms with van der Waals surface area (Å²) >= 11 is 0. The van der Waals surface area contributed by atoms with E-state index in [2.05, 4.69) is 282 Å². The molecule has 0 saturated heterocycles. The third-order valence-electron chi connectivity index (χ3n) is 16.5. The van der Waals surface area contributed by atoms with E-state index in [4.69, 9.17) is 15.0 Å². The highest BCUT2D eigenvalue weighted by Crippen LogP contribution is 2.49.